The van der Waals surface area contributed by atoms with Gasteiger partial charge in [0.25, 0.3) is 0 Å². The number of aliphatic hydroxyl groups is 1. The largest absolute Gasteiger partial charge is 0.746 e. The second-order valence-electron chi connectivity index (χ2n) is 2.70. The van der Waals surface area contributed by atoms with Gasteiger partial charge in [-0.2, -0.15) is 0 Å². The van der Waals surface area contributed by atoms with Crippen molar-refractivity contribution in [1.82, 2.24) is 4.90 Å². The molecule has 1 rings (SSSR count). The van der Waals surface area contributed by atoms with Crippen LogP contribution in [0, 0.1) is 5.92 Å². The van der Waals surface area contributed by atoms with Gasteiger partial charge in [-0.1, -0.05) is 6.92 Å². The van der Waals surface area contributed by atoms with E-state index >= 15 is 0 Å². The minimum atomic E-state index is -0.271. The van der Waals surface area contributed by atoms with Crippen molar-refractivity contribution >= 4 is 0 Å². The molecule has 0 spiro atoms. The summed E-state index contributed by atoms with van der Waals surface area (Å²) in [5.41, 5.74) is 0. The van der Waals surface area contributed by atoms with E-state index in [1.165, 1.54) is 6.42 Å². The molecule has 1 fully saturated rings. The van der Waals surface area contributed by atoms with Crippen LogP contribution in [-0.2, 0) is 0 Å². The monoisotopic (exact) mass is 241 g/mol. The molecular formula is C6H12INO-. The van der Waals surface area contributed by atoms with Crippen LogP contribution in [-0.4, -0.2) is 27.3 Å². The van der Waals surface area contributed by atoms with Gasteiger partial charge in [-0.05, 0) is 23.1 Å². The zero-order chi connectivity index (χ0) is 6.85. The zero-order valence-electron chi connectivity index (χ0n) is 5.55. The highest BCUT2D eigenvalue weighted by atomic mass is 127. The van der Waals surface area contributed by atoms with Crippen molar-refractivity contribution in [2.45, 2.75) is 17.6 Å². The Kier molecular flexibility index (Phi) is 2.73. The first-order valence-corrected chi connectivity index (χ1v) is 4.51. The van der Waals surface area contributed by atoms with Gasteiger partial charge < -0.3 is 27.7 Å². The Bertz CT molecular complexity index is 97.1. The van der Waals surface area contributed by atoms with E-state index in [1.807, 2.05) is 22.6 Å². The first-order chi connectivity index (χ1) is 4.20. The molecule has 0 saturated carbocycles. The number of likely N-dealkylation sites (tertiary alicyclic amines) is 1. The molecule has 0 aromatic heterocycles. The zero-order valence-corrected chi connectivity index (χ0v) is 7.71. The lowest BCUT2D eigenvalue weighted by atomic mass is 10.2. The summed E-state index contributed by atoms with van der Waals surface area (Å²) in [4.78, 5) is 2.09. The maximum Gasteiger partial charge on any atom is 0.00128 e. The maximum atomic E-state index is 9.08. The summed E-state index contributed by atoms with van der Waals surface area (Å²) in [6, 6.07) is 0. The summed E-state index contributed by atoms with van der Waals surface area (Å²) in [6.45, 7) is 4.34. The van der Waals surface area contributed by atoms with E-state index in [2.05, 4.69) is 11.8 Å². The average Bonchev–Trinajstić information content (AvgIpc) is 2.14. The van der Waals surface area contributed by atoms with Gasteiger partial charge in [0, 0.05) is 6.54 Å². The van der Waals surface area contributed by atoms with E-state index in [1.54, 1.807) is 0 Å². The molecular weight excluding hydrogens is 229 g/mol. The van der Waals surface area contributed by atoms with Gasteiger partial charge in [0.1, 0.15) is 0 Å². The van der Waals surface area contributed by atoms with Gasteiger partial charge in [-0.15, -0.1) is 0 Å². The molecule has 0 aromatic rings. The third kappa shape index (κ3) is 2.05. The fourth-order valence-corrected chi connectivity index (χ4v) is 1.67. The molecule has 2 atom stereocenters. The third-order valence-electron chi connectivity index (χ3n) is 1.76. The van der Waals surface area contributed by atoms with Crippen molar-refractivity contribution in [3.05, 3.63) is 0 Å². The minimum Gasteiger partial charge on any atom is -0.746 e. The van der Waals surface area contributed by atoms with Gasteiger partial charge in [0.2, 0.25) is 0 Å². The topological polar surface area (TPSA) is 23.5 Å². The Morgan fingerprint density at radius 1 is 1.78 bits per heavy atom. The maximum absolute atomic E-state index is 9.08. The number of nitrogens with zero attached hydrogens (tertiary/aromatic N) is 1. The molecule has 1 aliphatic heterocycles. The molecule has 0 aromatic carbocycles. The predicted molar refractivity (Wildman–Crippen MR) is 31.4 cm³/mol. The first-order valence-electron chi connectivity index (χ1n) is 3.26. The smallest absolute Gasteiger partial charge is 0.00128 e. The summed E-state index contributed by atoms with van der Waals surface area (Å²) in [7, 11) is 0. The number of halogens is 1. The second-order valence-corrected chi connectivity index (χ2v) is 3.81. The molecule has 9 heavy (non-hydrogen) atoms. The predicted octanol–water partition coefficient (Wildman–Crippen LogP) is -2.84. The molecule has 3 heteroatoms. The van der Waals surface area contributed by atoms with Crippen LogP contribution >= 0.6 is 0 Å². The van der Waals surface area contributed by atoms with Crippen molar-refractivity contribution in [1.29, 1.82) is 0 Å². The molecule has 55 valence electrons. The Labute approximate surface area is 69.4 Å². The molecule has 0 aliphatic carbocycles. The SMILES string of the molecule is C[C@H]1CCN(C(O)[I-])C1. The van der Waals surface area contributed by atoms with E-state index < -0.39 is 0 Å². The molecule has 1 saturated heterocycles. The Hall–Kier alpha value is 0.650. The highest BCUT2D eigenvalue weighted by molar-refractivity contribution is 4.70. The Morgan fingerprint density at radius 3 is 2.67 bits per heavy atom. The van der Waals surface area contributed by atoms with E-state index in [9.17, 15) is 0 Å². The van der Waals surface area contributed by atoms with Crippen LogP contribution in [0.15, 0.2) is 0 Å². The van der Waals surface area contributed by atoms with Crippen LogP contribution in [0.1, 0.15) is 13.3 Å². The van der Waals surface area contributed by atoms with Crippen LogP contribution in [0.25, 0.3) is 0 Å². The van der Waals surface area contributed by atoms with E-state index in [4.69, 9.17) is 5.11 Å². The standard InChI is InChI=1S/C6H12INO/c1-5-2-3-8(4-5)6(7)9/h5-6,9H,2-4H2,1H3/q-1/t5-,6?/m0/s1. The lowest BCUT2D eigenvalue weighted by Crippen LogP contribution is -3.40. The number of hydrogen-bond acceptors (Lipinski definition) is 2. The Morgan fingerprint density at radius 2 is 2.44 bits per heavy atom. The van der Waals surface area contributed by atoms with Crippen LogP contribution in [0.2, 0.25) is 0 Å². The molecule has 1 aliphatic rings. The van der Waals surface area contributed by atoms with Crippen molar-refractivity contribution in [2.24, 2.45) is 5.92 Å². The van der Waals surface area contributed by atoms with Crippen LogP contribution < -0.4 is 22.6 Å². The fraction of sp³-hybridized carbons (Fsp3) is 1.00. The summed E-state index contributed by atoms with van der Waals surface area (Å²) in [5.74, 6) is 0.773. The third-order valence-corrected chi connectivity index (χ3v) is 2.54. The highest BCUT2D eigenvalue weighted by Gasteiger charge is 2.17. The van der Waals surface area contributed by atoms with Crippen LogP contribution in [0.5, 0.6) is 0 Å². The molecule has 1 N–H and O–H groups in total. The van der Waals surface area contributed by atoms with Gasteiger partial charge >= 0.3 is 0 Å². The van der Waals surface area contributed by atoms with Crippen molar-refractivity contribution < 1.29 is 27.7 Å². The minimum absolute atomic E-state index is 0.271. The number of hydrogen-bond donors (Lipinski definition) is 1. The lowest BCUT2D eigenvalue weighted by molar-refractivity contribution is -0.520. The number of aliphatic hydroxyl groups excluding tert-OH is 1. The molecule has 1 radical (unpaired) electrons. The summed E-state index contributed by atoms with van der Waals surface area (Å²) >= 11 is 2.04. The molecule has 1 unspecified atom stereocenters. The summed E-state index contributed by atoms with van der Waals surface area (Å²) < 4.78 is -0.271. The number of rotatable bonds is 1. The summed E-state index contributed by atoms with van der Waals surface area (Å²) in [5, 5.41) is 9.08. The van der Waals surface area contributed by atoms with Crippen LogP contribution in [0.4, 0.5) is 0 Å². The number of alkyl halides is 1. The van der Waals surface area contributed by atoms with E-state index in [0.29, 0.717) is 0 Å². The second kappa shape index (κ2) is 3.16. The van der Waals surface area contributed by atoms with Gasteiger partial charge in [-0.25, -0.2) is 0 Å². The highest BCUT2D eigenvalue weighted by Crippen LogP contribution is 2.13. The molecule has 2 nitrogen and oxygen atoms in total. The average molecular weight is 241 g/mol. The van der Waals surface area contributed by atoms with Crippen molar-refractivity contribution in [2.75, 3.05) is 13.1 Å². The van der Waals surface area contributed by atoms with Gasteiger partial charge in [-0.3, -0.25) is 4.90 Å². The quantitative estimate of drug-likeness (QED) is 0.303. The van der Waals surface area contributed by atoms with Gasteiger partial charge in [0.15, 0.2) is 0 Å². The van der Waals surface area contributed by atoms with E-state index in [-0.39, 0.29) is 4.23 Å². The van der Waals surface area contributed by atoms with Gasteiger partial charge in [0.05, 0.1) is 0 Å². The fourth-order valence-electron chi connectivity index (χ4n) is 1.16. The van der Waals surface area contributed by atoms with Crippen molar-refractivity contribution in [3.8, 4) is 0 Å². The van der Waals surface area contributed by atoms with Crippen molar-refractivity contribution in [3.63, 3.8) is 0 Å². The first kappa shape index (κ1) is 7.75. The lowest BCUT2D eigenvalue weighted by Gasteiger charge is -2.27. The molecule has 1 heterocycles. The summed E-state index contributed by atoms with van der Waals surface area (Å²) in [6.07, 6.45) is 1.24. The Balaban J connectivity index is 2.30. The molecule has 0 amide bonds. The molecule has 0 bridgehead atoms. The van der Waals surface area contributed by atoms with Crippen LogP contribution in [0.3, 0.4) is 0 Å². The van der Waals surface area contributed by atoms with E-state index in [0.717, 1.165) is 19.0 Å². The normalized spacial score (nSPS) is 33.0.